The van der Waals surface area contributed by atoms with Crippen molar-refractivity contribution < 1.29 is 4.79 Å². The SMILES string of the molecule is Cc1nc(C(=O)N2CCC[C@@H]3CCCC[C@@H]32)nn1-c1ccc(Cl)cc1. The number of carbonyl (C=O) groups is 1. The van der Waals surface area contributed by atoms with Crippen molar-refractivity contribution in [2.75, 3.05) is 6.54 Å². The number of benzene rings is 1. The first-order valence-corrected chi connectivity index (χ1v) is 9.52. The molecule has 0 unspecified atom stereocenters. The molecule has 2 atom stereocenters. The number of hydrogen-bond acceptors (Lipinski definition) is 3. The van der Waals surface area contributed by atoms with Crippen LogP contribution >= 0.6 is 11.6 Å². The predicted octanol–water partition coefficient (Wildman–Crippen LogP) is 4.02. The average Bonchev–Trinajstić information content (AvgIpc) is 3.03. The van der Waals surface area contributed by atoms with Gasteiger partial charge in [-0.2, -0.15) is 0 Å². The number of rotatable bonds is 2. The number of aryl methyl sites for hydroxylation is 1. The molecule has 1 aliphatic heterocycles. The molecule has 1 saturated carbocycles. The van der Waals surface area contributed by atoms with E-state index in [2.05, 4.69) is 10.1 Å². The molecule has 1 amide bonds. The van der Waals surface area contributed by atoms with E-state index in [9.17, 15) is 4.79 Å². The second kappa shape index (κ2) is 6.79. The van der Waals surface area contributed by atoms with E-state index in [1.54, 1.807) is 4.68 Å². The van der Waals surface area contributed by atoms with E-state index in [1.807, 2.05) is 36.1 Å². The fraction of sp³-hybridized carbons (Fsp3) is 0.526. The van der Waals surface area contributed by atoms with Gasteiger partial charge in [0, 0.05) is 17.6 Å². The lowest BCUT2D eigenvalue weighted by Crippen LogP contribution is -2.49. The minimum Gasteiger partial charge on any atom is -0.333 e. The minimum atomic E-state index is -0.0209. The molecule has 5 nitrogen and oxygen atoms in total. The van der Waals surface area contributed by atoms with Crippen molar-refractivity contribution in [3.63, 3.8) is 0 Å². The fourth-order valence-electron chi connectivity index (χ4n) is 4.31. The van der Waals surface area contributed by atoms with Gasteiger partial charge in [0.05, 0.1) is 5.69 Å². The maximum absolute atomic E-state index is 13.1. The van der Waals surface area contributed by atoms with E-state index >= 15 is 0 Å². The Morgan fingerprint density at radius 2 is 1.84 bits per heavy atom. The number of halogens is 1. The Morgan fingerprint density at radius 3 is 2.64 bits per heavy atom. The summed E-state index contributed by atoms with van der Waals surface area (Å²) < 4.78 is 1.71. The highest BCUT2D eigenvalue weighted by Gasteiger charge is 2.37. The lowest BCUT2D eigenvalue weighted by molar-refractivity contribution is 0.0379. The molecule has 132 valence electrons. The van der Waals surface area contributed by atoms with Gasteiger partial charge in [0.1, 0.15) is 5.82 Å². The molecule has 1 aliphatic carbocycles. The van der Waals surface area contributed by atoms with Crippen LogP contribution < -0.4 is 0 Å². The molecule has 6 heteroatoms. The van der Waals surface area contributed by atoms with Crippen LogP contribution in [0.2, 0.25) is 5.02 Å². The van der Waals surface area contributed by atoms with Crippen molar-refractivity contribution in [3.8, 4) is 5.69 Å². The first-order valence-electron chi connectivity index (χ1n) is 9.14. The summed E-state index contributed by atoms with van der Waals surface area (Å²) >= 11 is 5.95. The summed E-state index contributed by atoms with van der Waals surface area (Å²) in [5.41, 5.74) is 0.864. The first kappa shape index (κ1) is 16.6. The number of hydrogen-bond donors (Lipinski definition) is 0. The van der Waals surface area contributed by atoms with Gasteiger partial charge in [-0.25, -0.2) is 9.67 Å². The maximum atomic E-state index is 13.1. The van der Waals surface area contributed by atoms with Crippen LogP contribution in [0.25, 0.3) is 5.69 Å². The highest BCUT2D eigenvalue weighted by molar-refractivity contribution is 6.30. The summed E-state index contributed by atoms with van der Waals surface area (Å²) in [5.74, 6) is 1.65. The second-order valence-electron chi connectivity index (χ2n) is 7.12. The van der Waals surface area contributed by atoms with E-state index in [0.717, 1.165) is 25.1 Å². The molecule has 1 aromatic carbocycles. The summed E-state index contributed by atoms with van der Waals surface area (Å²) in [4.78, 5) is 19.6. The molecular formula is C19H23ClN4O. The van der Waals surface area contributed by atoms with Crippen molar-refractivity contribution in [1.82, 2.24) is 19.7 Å². The van der Waals surface area contributed by atoms with E-state index in [1.165, 1.54) is 25.7 Å². The van der Waals surface area contributed by atoms with Crippen molar-refractivity contribution in [3.05, 3.63) is 40.9 Å². The number of piperidine rings is 1. The van der Waals surface area contributed by atoms with Gasteiger partial charge in [-0.1, -0.05) is 24.4 Å². The van der Waals surface area contributed by atoms with Crippen molar-refractivity contribution >= 4 is 17.5 Å². The third kappa shape index (κ3) is 3.17. The monoisotopic (exact) mass is 358 g/mol. The van der Waals surface area contributed by atoms with Crippen LogP contribution in [0.5, 0.6) is 0 Å². The van der Waals surface area contributed by atoms with Crippen molar-refractivity contribution in [2.45, 2.75) is 51.5 Å². The van der Waals surface area contributed by atoms with Crippen LogP contribution in [0.3, 0.4) is 0 Å². The molecule has 4 rings (SSSR count). The number of aromatic nitrogens is 3. The zero-order valence-electron chi connectivity index (χ0n) is 14.5. The zero-order chi connectivity index (χ0) is 17.4. The number of amides is 1. The number of fused-ring (bicyclic) bond motifs is 1. The molecule has 2 aromatic rings. The van der Waals surface area contributed by atoms with Crippen LogP contribution in [0.1, 0.15) is 55.0 Å². The standard InChI is InChI=1S/C19H23ClN4O/c1-13-21-18(22-24(13)16-10-8-15(20)9-11-16)19(25)23-12-4-6-14-5-2-3-7-17(14)23/h8-11,14,17H,2-7,12H2,1H3/t14-,17-/m0/s1. The number of carbonyl (C=O) groups excluding carboxylic acids is 1. The molecule has 2 fully saturated rings. The lowest BCUT2D eigenvalue weighted by atomic mass is 9.78. The van der Waals surface area contributed by atoms with Crippen LogP contribution in [0.15, 0.2) is 24.3 Å². The highest BCUT2D eigenvalue weighted by Crippen LogP contribution is 2.35. The molecule has 2 aliphatic rings. The normalized spacial score (nSPS) is 23.4. The number of likely N-dealkylation sites (tertiary alicyclic amines) is 1. The molecule has 1 aromatic heterocycles. The molecule has 2 heterocycles. The molecule has 0 spiro atoms. The Hall–Kier alpha value is -1.88. The summed E-state index contributed by atoms with van der Waals surface area (Å²) in [6, 6.07) is 7.78. The van der Waals surface area contributed by atoms with E-state index in [4.69, 9.17) is 11.6 Å². The van der Waals surface area contributed by atoms with Gasteiger partial charge in [-0.05, 0) is 62.8 Å². The Labute approximate surface area is 153 Å². The molecule has 0 N–H and O–H groups in total. The van der Waals surface area contributed by atoms with Gasteiger partial charge < -0.3 is 4.90 Å². The number of nitrogens with zero attached hydrogens (tertiary/aromatic N) is 4. The highest BCUT2D eigenvalue weighted by atomic mass is 35.5. The lowest BCUT2D eigenvalue weighted by Gasteiger charge is -2.43. The van der Waals surface area contributed by atoms with E-state index in [-0.39, 0.29) is 5.91 Å². The zero-order valence-corrected chi connectivity index (χ0v) is 15.2. The van der Waals surface area contributed by atoms with Gasteiger partial charge >= 0.3 is 0 Å². The van der Waals surface area contributed by atoms with Crippen LogP contribution in [0, 0.1) is 12.8 Å². The second-order valence-corrected chi connectivity index (χ2v) is 7.56. The Bertz CT molecular complexity index is 768. The molecule has 0 radical (unpaired) electrons. The van der Waals surface area contributed by atoms with Gasteiger partial charge in [0.25, 0.3) is 5.91 Å². The Kier molecular flexibility index (Phi) is 4.50. The molecule has 25 heavy (non-hydrogen) atoms. The third-order valence-electron chi connectivity index (χ3n) is 5.54. The van der Waals surface area contributed by atoms with Crippen LogP contribution in [0.4, 0.5) is 0 Å². The topological polar surface area (TPSA) is 51.0 Å². The maximum Gasteiger partial charge on any atom is 0.293 e. The Morgan fingerprint density at radius 1 is 1.12 bits per heavy atom. The summed E-state index contributed by atoms with van der Waals surface area (Å²) in [6.07, 6.45) is 7.22. The van der Waals surface area contributed by atoms with E-state index < -0.39 is 0 Å². The molecular weight excluding hydrogens is 336 g/mol. The minimum absolute atomic E-state index is 0.0209. The average molecular weight is 359 g/mol. The van der Waals surface area contributed by atoms with Gasteiger partial charge in [-0.3, -0.25) is 4.79 Å². The smallest absolute Gasteiger partial charge is 0.293 e. The summed E-state index contributed by atoms with van der Waals surface area (Å²) in [5, 5.41) is 5.17. The summed E-state index contributed by atoms with van der Waals surface area (Å²) in [7, 11) is 0. The predicted molar refractivity (Wildman–Crippen MR) is 97.1 cm³/mol. The first-order chi connectivity index (χ1) is 12.1. The quantitative estimate of drug-likeness (QED) is 0.814. The van der Waals surface area contributed by atoms with Crippen LogP contribution in [-0.2, 0) is 0 Å². The van der Waals surface area contributed by atoms with Gasteiger partial charge in [-0.15, -0.1) is 5.10 Å². The Balaban J connectivity index is 1.60. The van der Waals surface area contributed by atoms with Crippen LogP contribution in [-0.4, -0.2) is 38.2 Å². The largest absolute Gasteiger partial charge is 0.333 e. The fourth-order valence-corrected chi connectivity index (χ4v) is 4.44. The van der Waals surface area contributed by atoms with Gasteiger partial charge in [0.15, 0.2) is 0 Å². The van der Waals surface area contributed by atoms with Gasteiger partial charge in [0.2, 0.25) is 5.82 Å². The van der Waals surface area contributed by atoms with E-state index in [0.29, 0.717) is 28.6 Å². The third-order valence-corrected chi connectivity index (χ3v) is 5.79. The van der Waals surface area contributed by atoms with Crippen molar-refractivity contribution in [2.24, 2.45) is 5.92 Å². The molecule has 0 bridgehead atoms. The van der Waals surface area contributed by atoms with Crippen molar-refractivity contribution in [1.29, 1.82) is 0 Å². The molecule has 1 saturated heterocycles. The summed E-state index contributed by atoms with van der Waals surface area (Å²) in [6.45, 7) is 2.70.